The molecule has 70 valence electrons. The van der Waals surface area contributed by atoms with Crippen molar-refractivity contribution in [1.82, 2.24) is 0 Å². The normalized spacial score (nSPS) is 10.5. The van der Waals surface area contributed by atoms with E-state index in [-0.39, 0.29) is 5.56 Å². The monoisotopic (exact) mass is 182 g/mol. The standard InChI is InChI=1S/C11H12F2/c1-3-8(2)9-6-4-5-7-10(9)11(12)13/h4-7,11H,2-3H2,1H3. The molecule has 0 atom stereocenters. The van der Waals surface area contributed by atoms with Gasteiger partial charge in [0, 0.05) is 5.56 Å². The van der Waals surface area contributed by atoms with Gasteiger partial charge in [-0.15, -0.1) is 0 Å². The SMILES string of the molecule is C=C(CC)c1ccccc1C(F)F. The highest BCUT2D eigenvalue weighted by molar-refractivity contribution is 5.66. The maximum atomic E-state index is 12.5. The van der Waals surface area contributed by atoms with Crippen LogP contribution in [0, 0.1) is 0 Å². The molecule has 0 nitrogen and oxygen atoms in total. The first-order valence-corrected chi connectivity index (χ1v) is 4.22. The smallest absolute Gasteiger partial charge is 0.205 e. The van der Waals surface area contributed by atoms with Crippen LogP contribution in [0.25, 0.3) is 5.57 Å². The number of hydrogen-bond donors (Lipinski definition) is 0. The van der Waals surface area contributed by atoms with E-state index < -0.39 is 6.43 Å². The molecule has 1 aromatic carbocycles. The Hall–Kier alpha value is -1.18. The average Bonchev–Trinajstić information content (AvgIpc) is 2.16. The summed E-state index contributed by atoms with van der Waals surface area (Å²) in [6.07, 6.45) is -1.72. The van der Waals surface area contributed by atoms with Crippen molar-refractivity contribution in [2.24, 2.45) is 0 Å². The van der Waals surface area contributed by atoms with Gasteiger partial charge in [0.25, 0.3) is 6.43 Å². The van der Waals surface area contributed by atoms with Crippen molar-refractivity contribution in [3.8, 4) is 0 Å². The molecular formula is C11H12F2. The minimum Gasteiger partial charge on any atom is -0.205 e. The van der Waals surface area contributed by atoms with Crippen molar-refractivity contribution >= 4 is 5.57 Å². The van der Waals surface area contributed by atoms with Crippen molar-refractivity contribution in [2.45, 2.75) is 19.8 Å². The summed E-state index contributed by atoms with van der Waals surface area (Å²) in [5.74, 6) is 0. The van der Waals surface area contributed by atoms with Crippen LogP contribution in [-0.2, 0) is 0 Å². The van der Waals surface area contributed by atoms with Crippen LogP contribution < -0.4 is 0 Å². The van der Waals surface area contributed by atoms with Crippen LogP contribution in [0.4, 0.5) is 8.78 Å². The van der Waals surface area contributed by atoms with E-state index in [4.69, 9.17) is 0 Å². The quantitative estimate of drug-likeness (QED) is 0.661. The number of halogens is 2. The molecule has 0 amide bonds. The third kappa shape index (κ3) is 2.14. The summed E-state index contributed by atoms with van der Waals surface area (Å²) in [5.41, 5.74) is 1.42. The molecule has 1 rings (SSSR count). The number of alkyl halides is 2. The fourth-order valence-corrected chi connectivity index (χ4v) is 1.20. The lowest BCUT2D eigenvalue weighted by molar-refractivity contribution is 0.151. The maximum absolute atomic E-state index is 12.5. The number of rotatable bonds is 3. The maximum Gasteiger partial charge on any atom is 0.264 e. The van der Waals surface area contributed by atoms with E-state index in [0.29, 0.717) is 12.0 Å². The Morgan fingerprint density at radius 3 is 2.54 bits per heavy atom. The second-order valence-corrected chi connectivity index (χ2v) is 2.85. The van der Waals surface area contributed by atoms with Crippen molar-refractivity contribution < 1.29 is 8.78 Å². The van der Waals surface area contributed by atoms with Gasteiger partial charge in [-0.3, -0.25) is 0 Å². The zero-order chi connectivity index (χ0) is 9.84. The number of allylic oxidation sites excluding steroid dienone is 1. The Balaban J connectivity index is 3.12. The molecule has 0 spiro atoms. The largest absolute Gasteiger partial charge is 0.264 e. The Morgan fingerprint density at radius 2 is 2.00 bits per heavy atom. The van der Waals surface area contributed by atoms with E-state index in [1.807, 2.05) is 6.92 Å². The second-order valence-electron chi connectivity index (χ2n) is 2.85. The molecule has 0 unspecified atom stereocenters. The third-order valence-electron chi connectivity index (χ3n) is 2.00. The highest BCUT2D eigenvalue weighted by Gasteiger charge is 2.12. The number of hydrogen-bond acceptors (Lipinski definition) is 0. The predicted octanol–water partition coefficient (Wildman–Crippen LogP) is 4.05. The third-order valence-corrected chi connectivity index (χ3v) is 2.00. The lowest BCUT2D eigenvalue weighted by Gasteiger charge is -2.09. The molecule has 0 aromatic heterocycles. The van der Waals surface area contributed by atoms with E-state index in [2.05, 4.69) is 6.58 Å². The molecule has 0 radical (unpaired) electrons. The number of benzene rings is 1. The van der Waals surface area contributed by atoms with E-state index in [1.54, 1.807) is 18.2 Å². The Morgan fingerprint density at radius 1 is 1.38 bits per heavy atom. The van der Waals surface area contributed by atoms with Gasteiger partial charge in [0.15, 0.2) is 0 Å². The van der Waals surface area contributed by atoms with Gasteiger partial charge >= 0.3 is 0 Å². The molecule has 2 heteroatoms. The Labute approximate surface area is 76.9 Å². The van der Waals surface area contributed by atoms with Crippen LogP contribution >= 0.6 is 0 Å². The van der Waals surface area contributed by atoms with E-state index in [0.717, 1.165) is 5.57 Å². The van der Waals surface area contributed by atoms with Crippen LogP contribution in [0.3, 0.4) is 0 Å². The molecule has 0 aliphatic carbocycles. The first-order chi connectivity index (χ1) is 6.16. The summed E-state index contributed by atoms with van der Waals surface area (Å²) in [6, 6.07) is 6.50. The Bertz CT molecular complexity index is 303. The van der Waals surface area contributed by atoms with Gasteiger partial charge in [0.05, 0.1) is 0 Å². The van der Waals surface area contributed by atoms with Crippen molar-refractivity contribution in [2.75, 3.05) is 0 Å². The fraction of sp³-hybridized carbons (Fsp3) is 0.273. The molecule has 0 heterocycles. The molecule has 0 aliphatic heterocycles. The van der Waals surface area contributed by atoms with Gasteiger partial charge in [0.1, 0.15) is 0 Å². The molecule has 1 aromatic rings. The van der Waals surface area contributed by atoms with Gasteiger partial charge in [-0.05, 0) is 17.6 Å². The van der Waals surface area contributed by atoms with Crippen LogP contribution in [0.15, 0.2) is 30.8 Å². The van der Waals surface area contributed by atoms with E-state index in [9.17, 15) is 8.78 Å². The van der Waals surface area contributed by atoms with Gasteiger partial charge in [0.2, 0.25) is 0 Å². The summed E-state index contributed by atoms with van der Waals surface area (Å²) >= 11 is 0. The second kappa shape index (κ2) is 4.17. The summed E-state index contributed by atoms with van der Waals surface area (Å²) in [5, 5.41) is 0. The van der Waals surface area contributed by atoms with Gasteiger partial charge in [-0.2, -0.15) is 0 Å². The lowest BCUT2D eigenvalue weighted by atomic mass is 9.99. The van der Waals surface area contributed by atoms with E-state index in [1.165, 1.54) is 6.07 Å². The van der Waals surface area contributed by atoms with Gasteiger partial charge in [-0.25, -0.2) is 8.78 Å². The first kappa shape index (κ1) is 9.90. The molecule has 0 N–H and O–H groups in total. The molecule has 0 aliphatic rings. The van der Waals surface area contributed by atoms with Crippen molar-refractivity contribution in [3.63, 3.8) is 0 Å². The molecule has 0 bridgehead atoms. The summed E-state index contributed by atoms with van der Waals surface area (Å²) in [4.78, 5) is 0. The molecule has 13 heavy (non-hydrogen) atoms. The molecule has 0 saturated carbocycles. The van der Waals surface area contributed by atoms with Crippen LogP contribution in [0.5, 0.6) is 0 Å². The minimum absolute atomic E-state index is 0.0781. The summed E-state index contributed by atoms with van der Waals surface area (Å²) in [6.45, 7) is 5.66. The zero-order valence-electron chi connectivity index (χ0n) is 7.56. The Kier molecular flexibility index (Phi) is 3.18. The average molecular weight is 182 g/mol. The molecular weight excluding hydrogens is 170 g/mol. The first-order valence-electron chi connectivity index (χ1n) is 4.22. The van der Waals surface area contributed by atoms with E-state index >= 15 is 0 Å². The highest BCUT2D eigenvalue weighted by Crippen LogP contribution is 2.28. The van der Waals surface area contributed by atoms with Gasteiger partial charge < -0.3 is 0 Å². The van der Waals surface area contributed by atoms with Gasteiger partial charge in [-0.1, -0.05) is 37.8 Å². The minimum atomic E-state index is -2.42. The summed E-state index contributed by atoms with van der Waals surface area (Å²) in [7, 11) is 0. The molecule has 0 fully saturated rings. The van der Waals surface area contributed by atoms with Crippen molar-refractivity contribution in [1.29, 1.82) is 0 Å². The predicted molar refractivity (Wildman–Crippen MR) is 50.7 cm³/mol. The van der Waals surface area contributed by atoms with Crippen LogP contribution in [-0.4, -0.2) is 0 Å². The van der Waals surface area contributed by atoms with Crippen molar-refractivity contribution in [3.05, 3.63) is 42.0 Å². The topological polar surface area (TPSA) is 0 Å². The highest BCUT2D eigenvalue weighted by atomic mass is 19.3. The summed E-state index contributed by atoms with van der Waals surface area (Å²) < 4.78 is 25.0. The zero-order valence-corrected chi connectivity index (χ0v) is 7.56. The lowest BCUT2D eigenvalue weighted by Crippen LogP contribution is -1.92. The molecule has 0 saturated heterocycles. The van der Waals surface area contributed by atoms with Crippen LogP contribution in [0.1, 0.15) is 30.9 Å². The van der Waals surface area contributed by atoms with Crippen LogP contribution in [0.2, 0.25) is 0 Å². The fourth-order valence-electron chi connectivity index (χ4n) is 1.20.